The highest BCUT2D eigenvalue weighted by Gasteiger charge is 2.30. The molecule has 2 rings (SSSR count). The Balaban J connectivity index is 1.87. The van der Waals surface area contributed by atoms with Gasteiger partial charge in [0, 0.05) is 19.0 Å². The van der Waals surface area contributed by atoms with Gasteiger partial charge in [0.15, 0.2) is 16.4 Å². The molecule has 1 N–H and O–H groups in total. The molecule has 1 heterocycles. The standard InChI is InChI=1S/C16H18FNO6S/c1-10(19)18-12-2-3-13(14(17)7-12)15(20)8-24-16(21)6-11-4-5-25(22,23)9-11/h2-3,7,11H,4-6,8-9H2,1H3,(H,18,19)/t11-/m0/s1. The molecule has 1 aliphatic heterocycles. The lowest BCUT2D eigenvalue weighted by molar-refractivity contribution is -0.143. The van der Waals surface area contributed by atoms with E-state index >= 15 is 0 Å². The van der Waals surface area contributed by atoms with E-state index in [1.165, 1.54) is 19.1 Å². The molecule has 1 aromatic carbocycles. The average molecular weight is 371 g/mol. The predicted molar refractivity (Wildman–Crippen MR) is 87.4 cm³/mol. The second-order valence-corrected chi connectivity index (χ2v) is 8.16. The predicted octanol–water partition coefficient (Wildman–Crippen LogP) is 1.33. The first kappa shape index (κ1) is 19.0. The van der Waals surface area contributed by atoms with E-state index in [1.54, 1.807) is 0 Å². The Morgan fingerprint density at radius 3 is 2.60 bits per heavy atom. The van der Waals surface area contributed by atoms with Gasteiger partial charge in [-0.25, -0.2) is 12.8 Å². The fourth-order valence-electron chi connectivity index (χ4n) is 2.57. The van der Waals surface area contributed by atoms with Gasteiger partial charge in [0.05, 0.1) is 17.1 Å². The second-order valence-electron chi connectivity index (χ2n) is 5.93. The van der Waals surface area contributed by atoms with Crippen molar-refractivity contribution in [3.8, 4) is 0 Å². The van der Waals surface area contributed by atoms with Crippen LogP contribution in [0.1, 0.15) is 30.1 Å². The van der Waals surface area contributed by atoms with Gasteiger partial charge in [0.25, 0.3) is 0 Å². The van der Waals surface area contributed by atoms with Crippen LogP contribution in [0.25, 0.3) is 0 Å². The Bertz CT molecular complexity index is 805. The average Bonchev–Trinajstić information content (AvgIpc) is 2.83. The maximum atomic E-state index is 13.9. The van der Waals surface area contributed by atoms with E-state index in [9.17, 15) is 27.2 Å². The van der Waals surface area contributed by atoms with Crippen LogP contribution in [-0.4, -0.2) is 44.2 Å². The van der Waals surface area contributed by atoms with Gasteiger partial charge >= 0.3 is 5.97 Å². The lowest BCUT2D eigenvalue weighted by Crippen LogP contribution is -2.18. The van der Waals surface area contributed by atoms with Gasteiger partial charge in [-0.15, -0.1) is 0 Å². The third kappa shape index (κ3) is 5.63. The van der Waals surface area contributed by atoms with E-state index < -0.39 is 34.0 Å². The monoisotopic (exact) mass is 371 g/mol. The van der Waals surface area contributed by atoms with Crippen molar-refractivity contribution in [2.75, 3.05) is 23.4 Å². The first-order chi connectivity index (χ1) is 11.7. The molecule has 1 fully saturated rings. The molecule has 9 heteroatoms. The van der Waals surface area contributed by atoms with Crippen molar-refractivity contribution in [2.45, 2.75) is 19.8 Å². The zero-order valence-corrected chi connectivity index (χ0v) is 14.4. The van der Waals surface area contributed by atoms with Crippen LogP contribution < -0.4 is 5.32 Å². The summed E-state index contributed by atoms with van der Waals surface area (Å²) in [7, 11) is -3.09. The number of hydrogen-bond donors (Lipinski definition) is 1. The van der Waals surface area contributed by atoms with Gasteiger partial charge in [-0.3, -0.25) is 14.4 Å². The molecule has 7 nitrogen and oxygen atoms in total. The molecular formula is C16H18FNO6S. The molecule has 0 unspecified atom stereocenters. The molecule has 0 bridgehead atoms. The Labute approximate surface area is 144 Å². The Kier molecular flexibility index (Phi) is 5.89. The van der Waals surface area contributed by atoms with Gasteiger partial charge in [0.2, 0.25) is 11.7 Å². The molecule has 0 aromatic heterocycles. The zero-order valence-electron chi connectivity index (χ0n) is 13.6. The smallest absolute Gasteiger partial charge is 0.306 e. The summed E-state index contributed by atoms with van der Waals surface area (Å²) in [5, 5.41) is 2.38. The lowest BCUT2D eigenvalue weighted by atomic mass is 10.1. The van der Waals surface area contributed by atoms with Crippen molar-refractivity contribution in [2.24, 2.45) is 5.92 Å². The molecule has 1 atom stereocenters. The van der Waals surface area contributed by atoms with Crippen LogP contribution in [0, 0.1) is 11.7 Å². The topological polar surface area (TPSA) is 107 Å². The summed E-state index contributed by atoms with van der Waals surface area (Å²) in [6.07, 6.45) is 0.307. The highest BCUT2D eigenvalue weighted by Crippen LogP contribution is 2.22. The van der Waals surface area contributed by atoms with Crippen molar-refractivity contribution in [3.63, 3.8) is 0 Å². The number of nitrogens with one attached hydrogen (secondary N) is 1. The summed E-state index contributed by atoms with van der Waals surface area (Å²) in [6.45, 7) is 0.640. The number of hydrogen-bond acceptors (Lipinski definition) is 6. The highest BCUT2D eigenvalue weighted by atomic mass is 32.2. The number of rotatable bonds is 6. The number of amides is 1. The van der Waals surface area contributed by atoms with Crippen LogP contribution in [0.2, 0.25) is 0 Å². The minimum Gasteiger partial charge on any atom is -0.457 e. The molecule has 1 saturated heterocycles. The quantitative estimate of drug-likeness (QED) is 0.597. The van der Waals surface area contributed by atoms with Crippen molar-refractivity contribution in [1.29, 1.82) is 0 Å². The van der Waals surface area contributed by atoms with Crippen LogP contribution in [0.15, 0.2) is 18.2 Å². The van der Waals surface area contributed by atoms with Gasteiger partial charge in [0.1, 0.15) is 5.82 Å². The summed E-state index contributed by atoms with van der Waals surface area (Å²) in [6, 6.07) is 3.56. The lowest BCUT2D eigenvalue weighted by Gasteiger charge is -2.09. The Hall–Kier alpha value is -2.29. The minimum atomic E-state index is -3.09. The number of anilines is 1. The van der Waals surface area contributed by atoms with E-state index in [4.69, 9.17) is 4.74 Å². The fourth-order valence-corrected chi connectivity index (χ4v) is 4.44. The number of ketones is 1. The van der Waals surface area contributed by atoms with Crippen LogP contribution >= 0.6 is 0 Å². The molecule has 1 aliphatic rings. The van der Waals surface area contributed by atoms with E-state index in [2.05, 4.69) is 5.32 Å². The summed E-state index contributed by atoms with van der Waals surface area (Å²) in [5.74, 6) is -2.94. The third-order valence-electron chi connectivity index (χ3n) is 3.74. The van der Waals surface area contributed by atoms with Crippen LogP contribution in [0.5, 0.6) is 0 Å². The number of Topliss-reactive ketones (excluding diaryl/α,β-unsaturated/α-hetero) is 1. The number of benzene rings is 1. The van der Waals surface area contributed by atoms with Gasteiger partial charge in [-0.05, 0) is 30.5 Å². The maximum Gasteiger partial charge on any atom is 0.306 e. The second kappa shape index (κ2) is 7.73. The number of esters is 1. The third-order valence-corrected chi connectivity index (χ3v) is 5.57. The molecule has 0 radical (unpaired) electrons. The number of carbonyl (C=O) groups is 3. The van der Waals surface area contributed by atoms with E-state index in [0.29, 0.717) is 6.42 Å². The van der Waals surface area contributed by atoms with Gasteiger partial charge in [-0.1, -0.05) is 0 Å². The van der Waals surface area contributed by atoms with Crippen molar-refractivity contribution < 1.29 is 31.9 Å². The summed E-state index contributed by atoms with van der Waals surface area (Å²) in [5.41, 5.74) is -0.0497. The molecule has 0 spiro atoms. The van der Waals surface area contributed by atoms with Gasteiger partial charge in [-0.2, -0.15) is 0 Å². The zero-order chi connectivity index (χ0) is 18.6. The Morgan fingerprint density at radius 1 is 1.32 bits per heavy atom. The summed E-state index contributed by atoms with van der Waals surface area (Å²) in [4.78, 5) is 34.5. The summed E-state index contributed by atoms with van der Waals surface area (Å²) < 4.78 is 41.4. The molecule has 0 saturated carbocycles. The fraction of sp³-hybridized carbons (Fsp3) is 0.438. The van der Waals surface area contributed by atoms with Crippen LogP contribution in [0.3, 0.4) is 0 Å². The number of halogens is 1. The highest BCUT2D eigenvalue weighted by molar-refractivity contribution is 7.91. The number of sulfone groups is 1. The number of ether oxygens (including phenoxy) is 1. The van der Waals surface area contributed by atoms with E-state index in [-0.39, 0.29) is 41.0 Å². The van der Waals surface area contributed by atoms with Gasteiger partial charge < -0.3 is 10.1 Å². The molecule has 1 aromatic rings. The number of carbonyl (C=O) groups excluding carboxylic acids is 3. The maximum absolute atomic E-state index is 13.9. The molecule has 136 valence electrons. The van der Waals surface area contributed by atoms with Crippen LogP contribution in [0.4, 0.5) is 10.1 Å². The summed E-state index contributed by atoms with van der Waals surface area (Å²) >= 11 is 0. The van der Waals surface area contributed by atoms with Crippen molar-refractivity contribution in [1.82, 2.24) is 0 Å². The molecule has 1 amide bonds. The first-order valence-electron chi connectivity index (χ1n) is 7.62. The molecular weight excluding hydrogens is 353 g/mol. The molecule has 25 heavy (non-hydrogen) atoms. The minimum absolute atomic E-state index is 0.0513. The van der Waals surface area contributed by atoms with Crippen LogP contribution in [-0.2, 0) is 24.2 Å². The molecule has 0 aliphatic carbocycles. The first-order valence-corrected chi connectivity index (χ1v) is 9.45. The SMILES string of the molecule is CC(=O)Nc1ccc(C(=O)COC(=O)C[C@@H]2CCS(=O)(=O)C2)c(F)c1. The van der Waals surface area contributed by atoms with Crippen molar-refractivity contribution >= 4 is 33.2 Å². The van der Waals surface area contributed by atoms with E-state index in [1.807, 2.05) is 0 Å². The largest absolute Gasteiger partial charge is 0.457 e. The van der Waals surface area contributed by atoms with Crippen molar-refractivity contribution in [3.05, 3.63) is 29.6 Å². The Morgan fingerprint density at radius 2 is 2.04 bits per heavy atom. The van der Waals surface area contributed by atoms with E-state index in [0.717, 1.165) is 6.07 Å². The normalized spacial score (nSPS) is 18.6.